The van der Waals surface area contributed by atoms with E-state index in [1.165, 1.54) is 0 Å². The molecule has 18 heavy (non-hydrogen) atoms. The van der Waals surface area contributed by atoms with Crippen LogP contribution in [0.25, 0.3) is 0 Å². The van der Waals surface area contributed by atoms with E-state index < -0.39 is 0 Å². The first-order valence-electron chi connectivity index (χ1n) is 6.25. The zero-order valence-corrected chi connectivity index (χ0v) is 11.5. The third-order valence-corrected chi connectivity index (χ3v) is 2.64. The van der Waals surface area contributed by atoms with Crippen LogP contribution in [0.4, 0.5) is 0 Å². The first kappa shape index (κ1) is 14.6. The molecular weight excluding hydrogens is 228 g/mol. The monoisotopic (exact) mass is 250 g/mol. The van der Waals surface area contributed by atoms with Gasteiger partial charge in [0.25, 0.3) is 5.91 Å². The Morgan fingerprint density at radius 3 is 2.67 bits per heavy atom. The number of nitrogens with zero attached hydrogens (tertiary/aromatic N) is 2. The van der Waals surface area contributed by atoms with Crippen LogP contribution in [0.3, 0.4) is 0 Å². The summed E-state index contributed by atoms with van der Waals surface area (Å²) in [5.74, 6) is 0.396. The molecule has 1 heterocycles. The van der Waals surface area contributed by atoms with Crippen molar-refractivity contribution in [3.05, 3.63) is 23.0 Å². The van der Waals surface area contributed by atoms with Gasteiger partial charge in [0, 0.05) is 12.6 Å². The smallest absolute Gasteiger partial charge is 0.253 e. The summed E-state index contributed by atoms with van der Waals surface area (Å²) in [6.07, 6.45) is 0.896. The Balaban J connectivity index is 2.58. The van der Waals surface area contributed by atoms with Gasteiger partial charge in [-0.25, -0.2) is 0 Å². The van der Waals surface area contributed by atoms with Gasteiger partial charge in [-0.15, -0.1) is 0 Å². The fourth-order valence-electron chi connectivity index (χ4n) is 1.79. The summed E-state index contributed by atoms with van der Waals surface area (Å²) in [6.45, 7) is 8.30. The van der Waals surface area contributed by atoms with E-state index in [0.29, 0.717) is 23.7 Å². The van der Waals surface area contributed by atoms with Crippen LogP contribution in [0.5, 0.6) is 0 Å². The van der Waals surface area contributed by atoms with E-state index in [4.69, 9.17) is 5.73 Å². The molecule has 100 valence electrons. The van der Waals surface area contributed by atoms with E-state index in [-0.39, 0.29) is 11.9 Å². The SMILES string of the molecule is Cc1cc(C(=O)NCC(N)CC(C)C)c(C)nn1. The second kappa shape index (κ2) is 6.44. The van der Waals surface area contributed by atoms with Crippen molar-refractivity contribution < 1.29 is 4.79 Å². The predicted molar refractivity (Wildman–Crippen MR) is 71.3 cm³/mol. The lowest BCUT2D eigenvalue weighted by Crippen LogP contribution is -2.38. The van der Waals surface area contributed by atoms with Crippen LogP contribution in [0.2, 0.25) is 0 Å². The summed E-state index contributed by atoms with van der Waals surface area (Å²) in [5.41, 5.74) is 7.86. The minimum atomic E-state index is -0.135. The normalized spacial score (nSPS) is 12.6. The lowest BCUT2D eigenvalue weighted by atomic mass is 10.0. The number of amides is 1. The number of carbonyl (C=O) groups is 1. The van der Waals surface area contributed by atoms with Crippen molar-refractivity contribution >= 4 is 5.91 Å². The summed E-state index contributed by atoms with van der Waals surface area (Å²) in [5, 5.41) is 10.7. The highest BCUT2D eigenvalue weighted by Gasteiger charge is 2.12. The van der Waals surface area contributed by atoms with E-state index in [0.717, 1.165) is 12.1 Å². The first-order valence-corrected chi connectivity index (χ1v) is 6.25. The molecule has 1 atom stereocenters. The van der Waals surface area contributed by atoms with Crippen LogP contribution in [0.1, 0.15) is 42.0 Å². The molecule has 1 unspecified atom stereocenters. The quantitative estimate of drug-likeness (QED) is 0.822. The average molecular weight is 250 g/mol. The van der Waals surface area contributed by atoms with Crippen molar-refractivity contribution in [2.45, 2.75) is 40.2 Å². The predicted octanol–water partition coefficient (Wildman–Crippen LogP) is 1.20. The van der Waals surface area contributed by atoms with Crippen molar-refractivity contribution in [3.63, 3.8) is 0 Å². The zero-order chi connectivity index (χ0) is 13.7. The molecule has 1 aromatic heterocycles. The number of carbonyl (C=O) groups excluding carboxylic acids is 1. The minimum absolute atomic E-state index is 0.00912. The van der Waals surface area contributed by atoms with Crippen molar-refractivity contribution in [2.75, 3.05) is 6.54 Å². The van der Waals surface area contributed by atoms with Gasteiger partial charge < -0.3 is 11.1 Å². The van der Waals surface area contributed by atoms with Gasteiger partial charge in [0.15, 0.2) is 0 Å². The van der Waals surface area contributed by atoms with E-state index in [2.05, 4.69) is 29.4 Å². The maximum absolute atomic E-state index is 12.0. The molecule has 3 N–H and O–H groups in total. The van der Waals surface area contributed by atoms with Crippen molar-refractivity contribution in [2.24, 2.45) is 11.7 Å². The third kappa shape index (κ3) is 4.41. The van der Waals surface area contributed by atoms with E-state index in [1.54, 1.807) is 13.0 Å². The lowest BCUT2D eigenvalue weighted by Gasteiger charge is -2.15. The van der Waals surface area contributed by atoms with Gasteiger partial charge in [-0.3, -0.25) is 4.79 Å². The van der Waals surface area contributed by atoms with Crippen LogP contribution in [-0.2, 0) is 0 Å². The molecule has 0 aromatic carbocycles. The molecule has 1 aromatic rings. The van der Waals surface area contributed by atoms with Crippen LogP contribution >= 0.6 is 0 Å². The van der Waals surface area contributed by atoms with Crippen LogP contribution in [0, 0.1) is 19.8 Å². The highest BCUT2D eigenvalue weighted by molar-refractivity contribution is 5.95. The van der Waals surface area contributed by atoms with Crippen LogP contribution in [-0.4, -0.2) is 28.7 Å². The molecule has 5 heteroatoms. The first-order chi connectivity index (χ1) is 8.40. The number of rotatable bonds is 5. The second-order valence-corrected chi connectivity index (χ2v) is 5.08. The Bertz CT molecular complexity index is 417. The topological polar surface area (TPSA) is 80.9 Å². The van der Waals surface area contributed by atoms with Gasteiger partial charge in [-0.2, -0.15) is 10.2 Å². The molecule has 0 radical (unpaired) electrons. The summed E-state index contributed by atoms with van der Waals surface area (Å²) in [6, 6.07) is 1.73. The average Bonchev–Trinajstić information content (AvgIpc) is 2.28. The molecule has 0 bridgehead atoms. The van der Waals surface area contributed by atoms with Gasteiger partial charge in [0.05, 0.1) is 17.0 Å². The highest BCUT2D eigenvalue weighted by Crippen LogP contribution is 2.06. The minimum Gasteiger partial charge on any atom is -0.350 e. The Kier molecular flexibility index (Phi) is 5.22. The molecule has 0 aliphatic rings. The molecule has 0 aliphatic heterocycles. The van der Waals surface area contributed by atoms with E-state index in [1.807, 2.05) is 6.92 Å². The maximum atomic E-state index is 12.0. The molecule has 1 rings (SSSR count). The number of nitrogens with one attached hydrogen (secondary N) is 1. The Morgan fingerprint density at radius 1 is 1.39 bits per heavy atom. The Hall–Kier alpha value is -1.49. The van der Waals surface area contributed by atoms with Gasteiger partial charge in [0.1, 0.15) is 0 Å². The van der Waals surface area contributed by atoms with Gasteiger partial charge >= 0.3 is 0 Å². The van der Waals surface area contributed by atoms with Gasteiger partial charge in [-0.1, -0.05) is 13.8 Å². The fraction of sp³-hybridized carbons (Fsp3) is 0.615. The largest absolute Gasteiger partial charge is 0.350 e. The summed E-state index contributed by atoms with van der Waals surface area (Å²) < 4.78 is 0. The molecular formula is C13H22N4O. The number of nitrogens with two attached hydrogens (primary N) is 1. The molecule has 0 spiro atoms. The molecule has 5 nitrogen and oxygen atoms in total. The molecule has 0 saturated carbocycles. The number of aryl methyl sites for hydroxylation is 2. The maximum Gasteiger partial charge on any atom is 0.253 e. The van der Waals surface area contributed by atoms with Gasteiger partial charge in [-0.05, 0) is 32.3 Å². The highest BCUT2D eigenvalue weighted by atomic mass is 16.1. The van der Waals surface area contributed by atoms with Crippen LogP contribution in [0.15, 0.2) is 6.07 Å². The number of hydrogen-bond donors (Lipinski definition) is 2. The molecule has 1 amide bonds. The van der Waals surface area contributed by atoms with Crippen molar-refractivity contribution in [3.8, 4) is 0 Å². The third-order valence-electron chi connectivity index (χ3n) is 2.64. The van der Waals surface area contributed by atoms with E-state index in [9.17, 15) is 4.79 Å². The van der Waals surface area contributed by atoms with Crippen LogP contribution < -0.4 is 11.1 Å². The summed E-state index contributed by atoms with van der Waals surface area (Å²) in [7, 11) is 0. The second-order valence-electron chi connectivity index (χ2n) is 5.08. The number of aromatic nitrogens is 2. The number of hydrogen-bond acceptors (Lipinski definition) is 4. The zero-order valence-electron chi connectivity index (χ0n) is 11.5. The summed E-state index contributed by atoms with van der Waals surface area (Å²) in [4.78, 5) is 12.0. The van der Waals surface area contributed by atoms with Crippen molar-refractivity contribution in [1.29, 1.82) is 0 Å². The van der Waals surface area contributed by atoms with Crippen molar-refractivity contribution in [1.82, 2.24) is 15.5 Å². The standard InChI is InChI=1S/C13H22N4O/c1-8(2)5-11(14)7-15-13(18)12-6-9(3)16-17-10(12)4/h6,8,11H,5,7,14H2,1-4H3,(H,15,18). The Labute approximate surface area is 108 Å². The van der Waals surface area contributed by atoms with E-state index >= 15 is 0 Å². The molecule has 0 saturated heterocycles. The molecule has 0 fully saturated rings. The molecule has 0 aliphatic carbocycles. The lowest BCUT2D eigenvalue weighted by molar-refractivity contribution is 0.0948. The summed E-state index contributed by atoms with van der Waals surface area (Å²) >= 11 is 0. The Morgan fingerprint density at radius 2 is 2.06 bits per heavy atom. The van der Waals surface area contributed by atoms with Gasteiger partial charge in [0.2, 0.25) is 0 Å². The fourth-order valence-corrected chi connectivity index (χ4v) is 1.79.